The molecule has 6 nitrogen and oxygen atoms in total. The molecule has 1 aromatic heterocycles. The first-order chi connectivity index (χ1) is 9.02. The van der Waals surface area contributed by atoms with Gasteiger partial charge < -0.3 is 15.7 Å². The number of hydrogen-bond acceptors (Lipinski definition) is 5. The normalized spacial score (nSPS) is 11.9. The van der Waals surface area contributed by atoms with Crippen LogP contribution in [0, 0.1) is 0 Å². The Kier molecular flexibility index (Phi) is 6.65. The van der Waals surface area contributed by atoms with Gasteiger partial charge in [0.05, 0.1) is 6.54 Å². The van der Waals surface area contributed by atoms with Crippen LogP contribution in [0.5, 0.6) is 0 Å². The number of carboxylic acid groups (broad SMARTS) is 1. The van der Waals surface area contributed by atoms with Crippen LogP contribution in [0.4, 0.5) is 4.79 Å². The van der Waals surface area contributed by atoms with Crippen LogP contribution < -0.4 is 10.6 Å². The summed E-state index contributed by atoms with van der Waals surface area (Å²) in [5.41, 5.74) is 0.0102. The molecule has 0 aliphatic heterocycles. The molecule has 1 atom stereocenters. The molecule has 0 aromatic carbocycles. The van der Waals surface area contributed by atoms with Crippen LogP contribution in [0.25, 0.3) is 0 Å². The van der Waals surface area contributed by atoms with E-state index in [0.717, 1.165) is 6.42 Å². The lowest BCUT2D eigenvalue weighted by Crippen LogP contribution is -2.36. The Morgan fingerprint density at radius 3 is 2.84 bits per heavy atom. The van der Waals surface area contributed by atoms with Crippen LogP contribution in [0.3, 0.4) is 0 Å². The SMILES string of the molecule is CSC(C)CCNC(=O)NCc1nc(C(=O)O)cs1. The third-order valence-corrected chi connectivity index (χ3v) is 4.30. The molecule has 1 rings (SSSR count). The fraction of sp³-hybridized carbons (Fsp3) is 0.545. The zero-order valence-corrected chi connectivity index (χ0v) is 12.4. The lowest BCUT2D eigenvalue weighted by atomic mass is 10.3. The highest BCUT2D eigenvalue weighted by Crippen LogP contribution is 2.09. The van der Waals surface area contributed by atoms with Gasteiger partial charge in [0.1, 0.15) is 5.01 Å². The monoisotopic (exact) mass is 303 g/mol. The molecule has 0 aliphatic carbocycles. The van der Waals surface area contributed by atoms with E-state index in [1.165, 1.54) is 16.7 Å². The summed E-state index contributed by atoms with van der Waals surface area (Å²) in [6, 6.07) is -0.264. The van der Waals surface area contributed by atoms with Gasteiger partial charge >= 0.3 is 12.0 Å². The van der Waals surface area contributed by atoms with Crippen molar-refractivity contribution in [1.29, 1.82) is 0 Å². The number of carbonyl (C=O) groups excluding carboxylic acids is 1. The minimum atomic E-state index is -1.06. The molecule has 0 aliphatic rings. The topological polar surface area (TPSA) is 91.3 Å². The first-order valence-corrected chi connectivity index (χ1v) is 7.92. The second kappa shape index (κ2) is 8.00. The molecule has 19 heavy (non-hydrogen) atoms. The van der Waals surface area contributed by atoms with E-state index in [2.05, 4.69) is 22.5 Å². The zero-order valence-electron chi connectivity index (χ0n) is 10.8. The summed E-state index contributed by atoms with van der Waals surface area (Å²) in [7, 11) is 0. The van der Waals surface area contributed by atoms with Gasteiger partial charge in [0.2, 0.25) is 0 Å². The summed E-state index contributed by atoms with van der Waals surface area (Å²) >= 11 is 2.97. The molecule has 0 saturated carbocycles. The predicted octanol–water partition coefficient (Wildman–Crippen LogP) is 1.78. The van der Waals surface area contributed by atoms with Crippen LogP contribution in [-0.2, 0) is 6.54 Å². The molecular weight excluding hydrogens is 286 g/mol. The van der Waals surface area contributed by atoms with E-state index in [0.29, 0.717) is 16.8 Å². The van der Waals surface area contributed by atoms with Crippen molar-refractivity contribution in [3.8, 4) is 0 Å². The third kappa shape index (κ3) is 5.93. The van der Waals surface area contributed by atoms with E-state index < -0.39 is 5.97 Å². The number of thioether (sulfide) groups is 1. The maximum atomic E-state index is 11.5. The highest BCUT2D eigenvalue weighted by atomic mass is 32.2. The number of thiazole rings is 1. The van der Waals surface area contributed by atoms with Crippen molar-refractivity contribution in [2.75, 3.05) is 12.8 Å². The number of amides is 2. The van der Waals surface area contributed by atoms with E-state index in [1.807, 2.05) is 6.26 Å². The number of nitrogens with one attached hydrogen (secondary N) is 2. The molecule has 0 bridgehead atoms. The van der Waals surface area contributed by atoms with Crippen molar-refractivity contribution in [3.05, 3.63) is 16.1 Å². The smallest absolute Gasteiger partial charge is 0.355 e. The summed E-state index contributed by atoms with van der Waals surface area (Å²) < 4.78 is 0. The molecule has 1 aromatic rings. The number of rotatable bonds is 7. The Hall–Kier alpha value is -1.28. The molecule has 1 heterocycles. The van der Waals surface area contributed by atoms with Gasteiger partial charge in [0, 0.05) is 17.2 Å². The average Bonchev–Trinajstić information content (AvgIpc) is 2.85. The molecule has 0 saturated heterocycles. The molecule has 3 N–H and O–H groups in total. The van der Waals surface area contributed by atoms with Crippen LogP contribution in [0.15, 0.2) is 5.38 Å². The maximum Gasteiger partial charge on any atom is 0.355 e. The molecular formula is C11H17N3O3S2. The Labute approximate surface area is 120 Å². The highest BCUT2D eigenvalue weighted by Gasteiger charge is 2.09. The van der Waals surface area contributed by atoms with Gasteiger partial charge in [-0.3, -0.25) is 0 Å². The molecule has 1 unspecified atom stereocenters. The summed E-state index contributed by atoms with van der Waals surface area (Å²) in [5.74, 6) is -1.06. The van der Waals surface area contributed by atoms with Gasteiger partial charge in [-0.15, -0.1) is 11.3 Å². The van der Waals surface area contributed by atoms with Gasteiger partial charge in [-0.25, -0.2) is 14.6 Å². The van der Waals surface area contributed by atoms with Crippen LogP contribution in [0.2, 0.25) is 0 Å². The predicted molar refractivity (Wildman–Crippen MR) is 76.9 cm³/mol. The van der Waals surface area contributed by atoms with Gasteiger partial charge in [0.25, 0.3) is 0 Å². The lowest BCUT2D eigenvalue weighted by Gasteiger charge is -2.09. The minimum Gasteiger partial charge on any atom is -0.476 e. The Morgan fingerprint density at radius 1 is 1.53 bits per heavy atom. The van der Waals surface area contributed by atoms with Crippen LogP contribution in [0.1, 0.15) is 28.8 Å². The van der Waals surface area contributed by atoms with Crippen molar-refractivity contribution in [2.24, 2.45) is 0 Å². The second-order valence-electron chi connectivity index (χ2n) is 3.88. The first kappa shape index (κ1) is 15.8. The summed E-state index contributed by atoms with van der Waals surface area (Å²) in [5, 5.41) is 16.6. The number of nitrogens with zero attached hydrogens (tertiary/aromatic N) is 1. The van der Waals surface area contributed by atoms with Gasteiger partial charge in [-0.2, -0.15) is 11.8 Å². The second-order valence-corrected chi connectivity index (χ2v) is 6.09. The minimum absolute atomic E-state index is 0.0102. The average molecular weight is 303 g/mol. The molecule has 8 heteroatoms. The van der Waals surface area contributed by atoms with E-state index in [9.17, 15) is 9.59 Å². The lowest BCUT2D eigenvalue weighted by molar-refractivity contribution is 0.0691. The van der Waals surface area contributed by atoms with Crippen molar-refractivity contribution >= 4 is 35.1 Å². The highest BCUT2D eigenvalue weighted by molar-refractivity contribution is 7.99. The number of carbonyl (C=O) groups is 2. The van der Waals surface area contributed by atoms with Gasteiger partial charge in [-0.1, -0.05) is 6.92 Å². The zero-order chi connectivity index (χ0) is 14.3. The standard InChI is InChI=1S/C11H17N3O3S2/c1-7(18-2)3-4-12-11(17)13-5-9-14-8(6-19-9)10(15)16/h6-7H,3-5H2,1-2H3,(H,15,16)(H2,12,13,17). The van der Waals surface area contributed by atoms with Crippen molar-refractivity contribution < 1.29 is 14.7 Å². The van der Waals surface area contributed by atoms with E-state index in [-0.39, 0.29) is 18.3 Å². The Bertz CT molecular complexity index is 437. The van der Waals surface area contributed by atoms with Gasteiger partial charge in [-0.05, 0) is 12.7 Å². The van der Waals surface area contributed by atoms with Crippen molar-refractivity contribution in [2.45, 2.75) is 25.1 Å². The number of aromatic carboxylic acids is 1. The Balaban J connectivity index is 2.24. The fourth-order valence-electron chi connectivity index (χ4n) is 1.22. The molecule has 0 spiro atoms. The molecule has 0 radical (unpaired) electrons. The molecule has 106 valence electrons. The number of carboxylic acids is 1. The summed E-state index contributed by atoms with van der Waals surface area (Å²) in [6.45, 7) is 2.96. The summed E-state index contributed by atoms with van der Waals surface area (Å²) in [6.07, 6.45) is 2.95. The Morgan fingerprint density at radius 2 is 2.26 bits per heavy atom. The van der Waals surface area contributed by atoms with Crippen molar-refractivity contribution in [3.63, 3.8) is 0 Å². The fourth-order valence-corrected chi connectivity index (χ4v) is 2.28. The third-order valence-electron chi connectivity index (χ3n) is 2.41. The quantitative estimate of drug-likeness (QED) is 0.714. The van der Waals surface area contributed by atoms with E-state index in [1.54, 1.807) is 11.8 Å². The largest absolute Gasteiger partial charge is 0.476 e. The number of urea groups is 1. The maximum absolute atomic E-state index is 11.5. The van der Waals surface area contributed by atoms with E-state index >= 15 is 0 Å². The van der Waals surface area contributed by atoms with Crippen molar-refractivity contribution in [1.82, 2.24) is 15.6 Å². The first-order valence-electron chi connectivity index (χ1n) is 5.75. The van der Waals surface area contributed by atoms with Crippen LogP contribution in [-0.4, -0.2) is 40.1 Å². The molecule has 0 fully saturated rings. The van der Waals surface area contributed by atoms with Gasteiger partial charge in [0.15, 0.2) is 5.69 Å². The summed E-state index contributed by atoms with van der Waals surface area (Å²) in [4.78, 5) is 26.0. The van der Waals surface area contributed by atoms with Crippen LogP contribution >= 0.6 is 23.1 Å². The van der Waals surface area contributed by atoms with E-state index in [4.69, 9.17) is 5.11 Å². The number of aromatic nitrogens is 1. The number of hydrogen-bond donors (Lipinski definition) is 3. The molecule has 2 amide bonds.